The zero-order valence-electron chi connectivity index (χ0n) is 19.1. The zero-order chi connectivity index (χ0) is 38.4. The number of halogens is 26. The maximum Gasteiger partial charge on any atom is 0.460 e. The van der Waals surface area contributed by atoms with Crippen molar-refractivity contribution in [2.24, 2.45) is 0 Å². The van der Waals surface area contributed by atoms with E-state index in [1.807, 2.05) is 0 Å². The van der Waals surface area contributed by atoms with Crippen LogP contribution in [0.1, 0.15) is 0 Å². The van der Waals surface area contributed by atoms with Crippen molar-refractivity contribution in [1.82, 2.24) is 0 Å². The van der Waals surface area contributed by atoms with Crippen LogP contribution in [0.25, 0.3) is 0 Å². The topological polar surface area (TPSA) is 86.7 Å². The number of rotatable bonds is 13. The molecule has 0 aromatic heterocycles. The lowest BCUT2D eigenvalue weighted by molar-refractivity contribution is -0.438. The van der Waals surface area contributed by atoms with Crippen LogP contribution >= 0.6 is 0 Å². The van der Waals surface area contributed by atoms with Gasteiger partial charge in [0.2, 0.25) is 0 Å². The van der Waals surface area contributed by atoms with Crippen LogP contribution in [-0.2, 0) is 28.6 Å². The summed E-state index contributed by atoms with van der Waals surface area (Å²) in [4.78, 5) is 0. The van der Waals surface area contributed by atoms with Gasteiger partial charge in [0, 0.05) is 0 Å². The first kappa shape index (κ1) is 44.0. The Labute approximate surface area is 231 Å². The number of hydrogen-bond acceptors (Lipinski definition) is 6. The minimum atomic E-state index is -9.46. The van der Waals surface area contributed by atoms with E-state index in [9.17, 15) is 131 Å². The van der Waals surface area contributed by atoms with Crippen molar-refractivity contribution in [3.05, 3.63) is 0 Å². The molecule has 0 bridgehead atoms. The summed E-state index contributed by atoms with van der Waals surface area (Å²) >= 11 is 0. The van der Waals surface area contributed by atoms with E-state index in [-0.39, 0.29) is 0 Å². The van der Waals surface area contributed by atoms with Crippen molar-refractivity contribution in [3.63, 3.8) is 0 Å². The first-order chi connectivity index (χ1) is 19.2. The molecule has 6 nitrogen and oxygen atoms in total. The monoisotopic (exact) mass is 798 g/mol. The first-order valence-electron chi connectivity index (χ1n) is 8.98. The van der Waals surface area contributed by atoms with Crippen LogP contribution in [0.3, 0.4) is 0 Å². The van der Waals surface area contributed by atoms with Gasteiger partial charge in [0.25, 0.3) is 0 Å². The molecule has 0 aromatic carbocycles. The lowest BCUT2D eigenvalue weighted by Gasteiger charge is -2.37. The molecule has 0 fully saturated rings. The lowest BCUT2D eigenvalue weighted by Crippen LogP contribution is -2.68. The Morgan fingerprint density at radius 1 is 0.283 bits per heavy atom. The summed E-state index contributed by atoms with van der Waals surface area (Å²) in [5.74, 6) is -52.4. The highest BCUT2D eigenvalue weighted by Gasteiger charge is 2.91. The van der Waals surface area contributed by atoms with E-state index in [4.69, 9.17) is 0 Å². The van der Waals surface area contributed by atoms with Crippen LogP contribution in [0, 0.1) is 0 Å². The van der Waals surface area contributed by atoms with E-state index in [1.54, 1.807) is 0 Å². The van der Waals surface area contributed by atoms with E-state index >= 15 is 0 Å². The van der Waals surface area contributed by atoms with E-state index in [1.165, 1.54) is 0 Å². The Kier molecular flexibility index (Phi) is 10.3. The fourth-order valence-electron chi connectivity index (χ4n) is 1.89. The molecular weight excluding hydrogens is 798 g/mol. The van der Waals surface area contributed by atoms with Gasteiger partial charge in [-0.3, -0.25) is 0 Å². The molecule has 0 heterocycles. The molecule has 0 unspecified atom stereocenters. The van der Waals surface area contributed by atoms with Crippen LogP contribution in [-0.4, -0.2) is 87.4 Å². The van der Waals surface area contributed by atoms with Crippen LogP contribution in [0.2, 0.25) is 0 Å². The fraction of sp³-hybridized carbons (Fsp3) is 1.00. The molecule has 0 aliphatic heterocycles. The van der Waals surface area contributed by atoms with Crippen molar-refractivity contribution >= 4 is 20.2 Å². The van der Waals surface area contributed by atoms with Gasteiger partial charge in [-0.05, 0) is 0 Å². The highest BCUT2D eigenvalue weighted by Crippen LogP contribution is 2.60. The summed E-state index contributed by atoms with van der Waals surface area (Å²) in [6.07, 6.45) is -33.6. The van der Waals surface area contributed by atoms with E-state index in [0.29, 0.717) is 0 Å². The molecule has 0 amide bonds. The minimum Gasteiger partial charge on any atom is -0.192 e. The van der Waals surface area contributed by atoms with Crippen LogP contribution < -0.4 is 0 Å². The molecular formula is C12F26O6S2. The Morgan fingerprint density at radius 2 is 0.457 bits per heavy atom. The average molecular weight is 798 g/mol. The van der Waals surface area contributed by atoms with E-state index in [0.717, 1.165) is 8.37 Å². The van der Waals surface area contributed by atoms with Gasteiger partial charge in [0.1, 0.15) is 0 Å². The molecule has 278 valence electrons. The molecule has 0 aliphatic carbocycles. The Morgan fingerprint density at radius 3 is 0.609 bits per heavy atom. The van der Waals surface area contributed by atoms with Crippen LogP contribution in [0.4, 0.5) is 114 Å². The smallest absolute Gasteiger partial charge is 0.192 e. The molecule has 0 saturated carbocycles. The number of hydrogen-bond donors (Lipinski definition) is 0. The molecule has 0 N–H and O–H groups in total. The molecule has 46 heavy (non-hydrogen) atoms. The van der Waals surface area contributed by atoms with Crippen LogP contribution in [0.5, 0.6) is 0 Å². The van der Waals surface area contributed by atoms with Gasteiger partial charge in [-0.1, -0.05) is 0 Å². The third-order valence-electron chi connectivity index (χ3n) is 4.41. The zero-order valence-corrected chi connectivity index (χ0v) is 20.7. The summed E-state index contributed by atoms with van der Waals surface area (Å²) in [6, 6.07) is 0. The van der Waals surface area contributed by atoms with Crippen molar-refractivity contribution in [2.75, 3.05) is 0 Å². The van der Waals surface area contributed by atoms with Gasteiger partial charge in [-0.2, -0.15) is 139 Å². The summed E-state index contributed by atoms with van der Waals surface area (Å²) in [5.41, 5.74) is 0. The Bertz CT molecular complexity index is 1250. The van der Waals surface area contributed by atoms with Crippen molar-refractivity contribution in [3.8, 4) is 0 Å². The molecule has 0 aromatic rings. The third-order valence-corrected chi connectivity index (χ3v) is 7.04. The van der Waals surface area contributed by atoms with Crippen LogP contribution in [0.15, 0.2) is 0 Å². The van der Waals surface area contributed by atoms with E-state index < -0.39 is 90.9 Å². The molecule has 34 heteroatoms. The summed E-state index contributed by atoms with van der Waals surface area (Å²) in [7, 11) is -18.9. The lowest BCUT2D eigenvalue weighted by atomic mass is 10.1. The van der Waals surface area contributed by atoms with Crippen molar-refractivity contribution < 1.29 is 139 Å². The molecule has 0 atom stereocenters. The highest BCUT2D eigenvalue weighted by atomic mass is 32.2. The van der Waals surface area contributed by atoms with Gasteiger partial charge < -0.3 is 0 Å². The molecule has 0 aliphatic rings. The van der Waals surface area contributed by atoms with Gasteiger partial charge in [-0.15, -0.1) is 0 Å². The average Bonchev–Trinajstić information content (AvgIpc) is 2.74. The third kappa shape index (κ3) is 5.94. The maximum atomic E-state index is 13.6. The second kappa shape index (κ2) is 10.8. The molecule has 0 radical (unpaired) electrons. The predicted molar refractivity (Wildman–Crippen MR) is 81.6 cm³/mol. The van der Waals surface area contributed by atoms with E-state index in [2.05, 4.69) is 0 Å². The summed E-state index contributed by atoms with van der Waals surface area (Å²) in [5, 5.41) is -17.3. The molecule has 0 saturated heterocycles. The van der Waals surface area contributed by atoms with Gasteiger partial charge in [-0.25, -0.2) is 0 Å². The first-order valence-corrected chi connectivity index (χ1v) is 11.8. The SMILES string of the molecule is O=S(=O)(OC(F)(F)C(F)(F)C(F)(F)C(F)(F)OS(=O)(=O)C(F)(F)C(F)(F)C(F)(F)C(F)(F)F)C(F)(F)C(F)(F)C(F)(F)C(F)(F)F. The largest absolute Gasteiger partial charge is 0.460 e. The van der Waals surface area contributed by atoms with Gasteiger partial charge in [0.15, 0.2) is 0 Å². The fourth-order valence-corrected chi connectivity index (χ4v) is 3.74. The maximum absolute atomic E-state index is 13.6. The second-order valence-electron chi connectivity index (χ2n) is 7.58. The van der Waals surface area contributed by atoms with Gasteiger partial charge in [0.05, 0.1) is 0 Å². The predicted octanol–water partition coefficient (Wildman–Crippen LogP) is 6.99. The minimum absolute atomic E-state index is 1.01. The second-order valence-corrected chi connectivity index (χ2v) is 10.8. The normalized spacial score (nSPS) is 17.0. The quantitative estimate of drug-likeness (QED) is 0.148. The highest BCUT2D eigenvalue weighted by molar-refractivity contribution is 7.88. The summed E-state index contributed by atoms with van der Waals surface area (Å²) in [6.45, 7) is 0. The molecule has 0 spiro atoms. The standard InChI is InChI=1S/C12F26O6S2/c13-1(14,7(25,26)27)5(21,22)11(35,36)45(39,40)43-9(31,32)3(17,18)4(19,20)10(33,34)44-46(41,42)12(37,38)6(23,24)2(15,16)8(28,29)30. The summed E-state index contributed by atoms with van der Waals surface area (Å²) < 4.78 is 382. The Balaban J connectivity index is 6.99. The van der Waals surface area contributed by atoms with Crippen molar-refractivity contribution in [2.45, 2.75) is 70.6 Å². The molecule has 0 rings (SSSR count). The Hall–Kier alpha value is -2.00. The van der Waals surface area contributed by atoms with Gasteiger partial charge >= 0.3 is 90.9 Å². The van der Waals surface area contributed by atoms with Crippen molar-refractivity contribution in [1.29, 1.82) is 0 Å². The number of alkyl halides is 26.